The molecule has 2 rings (SSSR count). The Kier molecular flexibility index (Phi) is 4.06. The van der Waals surface area contributed by atoms with Crippen LogP contribution in [0.3, 0.4) is 0 Å². The maximum Gasteiger partial charge on any atom is 0.161 e. The summed E-state index contributed by atoms with van der Waals surface area (Å²) < 4.78 is 0.791. The molecule has 6 heteroatoms. The van der Waals surface area contributed by atoms with Crippen LogP contribution in [0.25, 0.3) is 0 Å². The summed E-state index contributed by atoms with van der Waals surface area (Å²) in [5.41, 5.74) is 0.787. The Morgan fingerprint density at radius 2 is 2.19 bits per heavy atom. The Morgan fingerprint density at radius 3 is 2.81 bits per heavy atom. The van der Waals surface area contributed by atoms with Gasteiger partial charge in [0.1, 0.15) is 0 Å². The molecule has 1 aromatic carbocycles. The van der Waals surface area contributed by atoms with Gasteiger partial charge in [-0.3, -0.25) is 4.99 Å². The summed E-state index contributed by atoms with van der Waals surface area (Å²) in [4.78, 5) is 4.43. The highest BCUT2D eigenvalue weighted by atomic mass is 79.9. The van der Waals surface area contributed by atoms with Crippen molar-refractivity contribution >= 4 is 61.7 Å². The van der Waals surface area contributed by atoms with Gasteiger partial charge in [-0.15, -0.1) is 0 Å². The molecule has 1 unspecified atom stereocenters. The van der Waals surface area contributed by atoms with Crippen LogP contribution >= 0.6 is 50.9 Å². The maximum absolute atomic E-state index is 6.12. The zero-order valence-electron chi connectivity index (χ0n) is 8.43. The molecule has 0 aliphatic carbocycles. The maximum atomic E-state index is 6.12. The molecule has 2 nitrogen and oxygen atoms in total. The van der Waals surface area contributed by atoms with Gasteiger partial charge in [0.25, 0.3) is 0 Å². The molecular weight excluding hydrogens is 331 g/mol. The predicted octanol–water partition coefficient (Wildman–Crippen LogP) is 4.66. The van der Waals surface area contributed by atoms with Gasteiger partial charge in [-0.25, -0.2) is 0 Å². The number of rotatable bonds is 1. The lowest BCUT2D eigenvalue weighted by atomic mass is 10.3. The van der Waals surface area contributed by atoms with E-state index in [4.69, 9.17) is 23.2 Å². The van der Waals surface area contributed by atoms with Crippen molar-refractivity contribution < 1.29 is 0 Å². The van der Waals surface area contributed by atoms with Crippen LogP contribution in [0, 0.1) is 0 Å². The first-order valence-corrected chi connectivity index (χ1v) is 7.22. The number of nitrogens with zero attached hydrogens (tertiary/aromatic N) is 1. The van der Waals surface area contributed by atoms with Gasteiger partial charge >= 0.3 is 0 Å². The second-order valence-electron chi connectivity index (χ2n) is 3.44. The van der Waals surface area contributed by atoms with Crippen molar-refractivity contribution in [1.82, 2.24) is 0 Å². The number of halogens is 3. The van der Waals surface area contributed by atoms with Crippen molar-refractivity contribution in [1.29, 1.82) is 0 Å². The number of hydrogen-bond donors (Lipinski definition) is 1. The largest absolute Gasteiger partial charge is 0.334 e. The molecule has 1 heterocycles. The number of nitrogens with one attached hydrogen (secondary N) is 1. The second kappa shape index (κ2) is 5.17. The van der Waals surface area contributed by atoms with Crippen LogP contribution in [0.2, 0.25) is 10.0 Å². The fourth-order valence-corrected chi connectivity index (χ4v) is 3.01. The standard InChI is InChI=1S/C10H9BrCl2N2S/c1-5-4-16-10(14-5)15-7-3-2-6(11)8(12)9(7)13/h2-3,5H,4H2,1H3,(H,14,15). The summed E-state index contributed by atoms with van der Waals surface area (Å²) >= 11 is 17.2. The highest BCUT2D eigenvalue weighted by molar-refractivity contribution is 9.10. The average molecular weight is 340 g/mol. The van der Waals surface area contributed by atoms with Crippen molar-refractivity contribution in [3.63, 3.8) is 0 Å². The van der Waals surface area contributed by atoms with Crippen LogP contribution in [-0.4, -0.2) is 17.0 Å². The van der Waals surface area contributed by atoms with Gasteiger partial charge in [-0.1, -0.05) is 35.0 Å². The third kappa shape index (κ3) is 2.67. The molecular formula is C10H9BrCl2N2S. The Morgan fingerprint density at radius 1 is 1.44 bits per heavy atom. The van der Waals surface area contributed by atoms with E-state index in [-0.39, 0.29) is 0 Å². The number of amidine groups is 1. The van der Waals surface area contributed by atoms with Crippen molar-refractivity contribution in [2.24, 2.45) is 4.99 Å². The first kappa shape index (κ1) is 12.6. The predicted molar refractivity (Wildman–Crippen MR) is 77.1 cm³/mol. The summed E-state index contributed by atoms with van der Waals surface area (Å²) in [5.74, 6) is 1.00. The molecule has 0 spiro atoms. The number of thioether (sulfide) groups is 1. The van der Waals surface area contributed by atoms with Gasteiger partial charge in [0.05, 0.1) is 21.8 Å². The van der Waals surface area contributed by atoms with Crippen LogP contribution in [0.4, 0.5) is 5.69 Å². The molecule has 0 aromatic heterocycles. The summed E-state index contributed by atoms with van der Waals surface area (Å²) in [6.45, 7) is 2.08. The topological polar surface area (TPSA) is 24.4 Å². The van der Waals surface area contributed by atoms with Crippen LogP contribution in [0.15, 0.2) is 21.6 Å². The van der Waals surface area contributed by atoms with E-state index in [0.717, 1.165) is 21.1 Å². The first-order chi connectivity index (χ1) is 7.58. The average Bonchev–Trinajstić information content (AvgIpc) is 2.65. The van der Waals surface area contributed by atoms with E-state index < -0.39 is 0 Å². The molecule has 0 saturated carbocycles. The molecule has 86 valence electrons. The highest BCUT2D eigenvalue weighted by Crippen LogP contribution is 2.36. The molecule has 0 fully saturated rings. The van der Waals surface area contributed by atoms with E-state index in [1.807, 2.05) is 12.1 Å². The van der Waals surface area contributed by atoms with E-state index in [1.54, 1.807) is 11.8 Å². The lowest BCUT2D eigenvalue weighted by molar-refractivity contribution is 0.865. The van der Waals surface area contributed by atoms with E-state index in [9.17, 15) is 0 Å². The van der Waals surface area contributed by atoms with Gasteiger partial charge in [0, 0.05) is 10.2 Å². The van der Waals surface area contributed by atoms with Crippen LogP contribution in [0.5, 0.6) is 0 Å². The van der Waals surface area contributed by atoms with Gasteiger partial charge in [0.15, 0.2) is 5.17 Å². The SMILES string of the molecule is CC1CSC(Nc2ccc(Br)c(Cl)c2Cl)=N1. The number of anilines is 1. The molecule has 16 heavy (non-hydrogen) atoms. The minimum atomic E-state index is 0.359. The smallest absolute Gasteiger partial charge is 0.161 e. The fourth-order valence-electron chi connectivity index (χ4n) is 1.28. The van der Waals surface area contributed by atoms with E-state index in [0.29, 0.717) is 16.1 Å². The summed E-state index contributed by atoms with van der Waals surface area (Å²) in [7, 11) is 0. The Labute approximate surface area is 117 Å². The van der Waals surface area contributed by atoms with E-state index in [2.05, 4.69) is 33.2 Å². The Bertz CT molecular complexity index is 451. The number of hydrogen-bond acceptors (Lipinski definition) is 3. The second-order valence-corrected chi connectivity index (χ2v) is 6.06. The Hall–Kier alpha value is 0.1000. The normalized spacial score (nSPS) is 19.8. The number of benzene rings is 1. The molecule has 1 aliphatic heterocycles. The van der Waals surface area contributed by atoms with Crippen molar-refractivity contribution in [3.05, 3.63) is 26.7 Å². The van der Waals surface area contributed by atoms with Crippen LogP contribution < -0.4 is 5.32 Å². The minimum absolute atomic E-state index is 0.359. The van der Waals surface area contributed by atoms with Crippen LogP contribution in [0.1, 0.15) is 6.92 Å². The van der Waals surface area contributed by atoms with Crippen molar-refractivity contribution in [2.45, 2.75) is 13.0 Å². The zero-order chi connectivity index (χ0) is 11.7. The van der Waals surface area contributed by atoms with Crippen LogP contribution in [-0.2, 0) is 0 Å². The van der Waals surface area contributed by atoms with Crippen molar-refractivity contribution in [2.75, 3.05) is 11.1 Å². The van der Waals surface area contributed by atoms with Crippen molar-refractivity contribution in [3.8, 4) is 0 Å². The van der Waals surface area contributed by atoms with E-state index in [1.165, 1.54) is 0 Å². The highest BCUT2D eigenvalue weighted by Gasteiger charge is 2.16. The molecule has 0 radical (unpaired) electrons. The lowest BCUT2D eigenvalue weighted by Gasteiger charge is -2.09. The fraction of sp³-hybridized carbons (Fsp3) is 0.300. The van der Waals surface area contributed by atoms with Gasteiger partial charge in [-0.05, 0) is 35.0 Å². The third-order valence-corrected chi connectivity index (χ3v) is 4.98. The van der Waals surface area contributed by atoms with E-state index >= 15 is 0 Å². The van der Waals surface area contributed by atoms with Gasteiger partial charge < -0.3 is 5.32 Å². The lowest BCUT2D eigenvalue weighted by Crippen LogP contribution is -2.05. The zero-order valence-corrected chi connectivity index (χ0v) is 12.3. The summed E-state index contributed by atoms with van der Waals surface area (Å²) in [6, 6.07) is 4.10. The van der Waals surface area contributed by atoms with Gasteiger partial charge in [-0.2, -0.15) is 0 Å². The quantitative estimate of drug-likeness (QED) is 0.752. The molecule has 1 N–H and O–H groups in total. The molecule has 0 bridgehead atoms. The molecule has 1 aromatic rings. The summed E-state index contributed by atoms with van der Waals surface area (Å²) in [5, 5.41) is 5.11. The monoisotopic (exact) mass is 338 g/mol. The third-order valence-electron chi connectivity index (χ3n) is 2.08. The molecule has 0 amide bonds. The van der Waals surface area contributed by atoms with Gasteiger partial charge in [0.2, 0.25) is 0 Å². The molecule has 0 saturated heterocycles. The minimum Gasteiger partial charge on any atom is -0.334 e. The number of aliphatic imine (C=N–C) groups is 1. The first-order valence-electron chi connectivity index (χ1n) is 4.69. The molecule has 1 aliphatic rings. The summed E-state index contributed by atoms with van der Waals surface area (Å²) in [6.07, 6.45) is 0. The Balaban J connectivity index is 2.22. The molecule has 1 atom stereocenters.